The fourth-order valence-corrected chi connectivity index (χ4v) is 2.36. The van der Waals surface area contributed by atoms with E-state index in [1.807, 2.05) is 37.4 Å². The maximum Gasteiger partial charge on any atom is 0.673 e. The van der Waals surface area contributed by atoms with Crippen molar-refractivity contribution in [3.63, 3.8) is 0 Å². The third-order valence-corrected chi connectivity index (χ3v) is 3.78. The van der Waals surface area contributed by atoms with Crippen molar-refractivity contribution in [1.29, 1.82) is 0 Å². The SMILES string of the molecule is COc1ccc(-c2cc(/C=C/c3ccc(C)cc3)[n+](C)o2)cc1.F[B-](F)(F)F. The van der Waals surface area contributed by atoms with Crippen molar-refractivity contribution in [3.05, 3.63) is 71.4 Å². The van der Waals surface area contributed by atoms with Gasteiger partial charge in [-0.1, -0.05) is 29.8 Å². The molecule has 0 amide bonds. The minimum absolute atomic E-state index is 0.832. The highest BCUT2D eigenvalue weighted by atomic mass is 19.5. The normalized spacial score (nSPS) is 11.2. The summed E-state index contributed by atoms with van der Waals surface area (Å²) in [5.74, 6) is 1.67. The van der Waals surface area contributed by atoms with Crippen LogP contribution in [0.3, 0.4) is 0 Å². The van der Waals surface area contributed by atoms with Crippen molar-refractivity contribution < 1.29 is 31.3 Å². The molecule has 28 heavy (non-hydrogen) atoms. The molecule has 0 bridgehead atoms. The molecule has 0 saturated carbocycles. The van der Waals surface area contributed by atoms with Gasteiger partial charge in [-0.3, -0.25) is 0 Å². The van der Waals surface area contributed by atoms with Crippen LogP contribution in [0.25, 0.3) is 23.5 Å². The highest BCUT2D eigenvalue weighted by Gasteiger charge is 2.20. The van der Waals surface area contributed by atoms with Gasteiger partial charge in [-0.25, -0.2) is 4.52 Å². The predicted octanol–water partition coefficient (Wildman–Crippen LogP) is 5.56. The van der Waals surface area contributed by atoms with Crippen molar-refractivity contribution >= 4 is 19.4 Å². The largest absolute Gasteiger partial charge is 0.673 e. The zero-order valence-electron chi connectivity index (χ0n) is 15.7. The van der Waals surface area contributed by atoms with Crippen LogP contribution in [0.1, 0.15) is 16.8 Å². The van der Waals surface area contributed by atoms with Gasteiger partial charge in [0.25, 0.3) is 5.69 Å². The van der Waals surface area contributed by atoms with Crippen molar-refractivity contribution in [2.24, 2.45) is 7.05 Å². The zero-order chi connectivity index (χ0) is 20.7. The Balaban J connectivity index is 0.000000500. The lowest BCUT2D eigenvalue weighted by Gasteiger charge is -1.98. The van der Waals surface area contributed by atoms with Crippen LogP contribution >= 0.6 is 0 Å². The van der Waals surface area contributed by atoms with Gasteiger partial charge in [0.2, 0.25) is 5.76 Å². The molecular formula is C20H20BF4NO2. The Labute approximate surface area is 160 Å². The van der Waals surface area contributed by atoms with Crippen molar-refractivity contribution in [3.8, 4) is 17.1 Å². The molecule has 2 aromatic carbocycles. The average molecular weight is 393 g/mol. The Morgan fingerprint density at radius 3 is 2.04 bits per heavy atom. The summed E-state index contributed by atoms with van der Waals surface area (Å²) >= 11 is 0. The second kappa shape index (κ2) is 9.26. The molecule has 0 atom stereocenters. The first kappa shape index (κ1) is 21.3. The van der Waals surface area contributed by atoms with E-state index in [0.29, 0.717) is 0 Å². The van der Waals surface area contributed by atoms with Crippen LogP contribution in [0.4, 0.5) is 17.3 Å². The summed E-state index contributed by atoms with van der Waals surface area (Å²) in [6.07, 6.45) is 4.14. The molecule has 1 heterocycles. The summed E-state index contributed by atoms with van der Waals surface area (Å²) in [5.41, 5.74) is 4.47. The van der Waals surface area contributed by atoms with Crippen molar-refractivity contribution in [2.45, 2.75) is 6.92 Å². The van der Waals surface area contributed by atoms with E-state index >= 15 is 0 Å². The number of aryl methyl sites for hydroxylation is 2. The molecule has 3 rings (SSSR count). The Bertz CT molecular complexity index is 911. The molecule has 3 aromatic rings. The smallest absolute Gasteiger partial charge is 0.497 e. The summed E-state index contributed by atoms with van der Waals surface area (Å²) in [5, 5.41) is 0. The molecule has 0 saturated heterocycles. The van der Waals surface area contributed by atoms with Crippen LogP contribution in [-0.2, 0) is 7.05 Å². The molecule has 0 aliphatic carbocycles. The van der Waals surface area contributed by atoms with Gasteiger partial charge in [-0.15, -0.1) is 0 Å². The molecule has 0 unspecified atom stereocenters. The summed E-state index contributed by atoms with van der Waals surface area (Å²) in [6, 6.07) is 18.3. The van der Waals surface area contributed by atoms with Gasteiger partial charge in [0, 0.05) is 11.6 Å². The number of methoxy groups -OCH3 is 1. The number of hydrogen-bond donors (Lipinski definition) is 0. The lowest BCUT2D eigenvalue weighted by molar-refractivity contribution is -0.844. The molecule has 8 heteroatoms. The van der Waals surface area contributed by atoms with Gasteiger partial charge >= 0.3 is 7.25 Å². The van der Waals surface area contributed by atoms with E-state index < -0.39 is 7.25 Å². The standard InChI is InChI=1S/C20H20NO2.BF4/c1-15-4-6-16(7-5-15)8-11-18-14-20(23-21(18)2)17-9-12-19(22-3)13-10-17;2-1(3,4)5/h4-14H,1-3H3;/q+1;-1/b11-8+;. The maximum atomic E-state index is 9.75. The topological polar surface area (TPSA) is 26.2 Å². The predicted molar refractivity (Wildman–Crippen MR) is 102 cm³/mol. The minimum Gasteiger partial charge on any atom is -0.497 e. The molecular weight excluding hydrogens is 373 g/mol. The summed E-state index contributed by atoms with van der Waals surface area (Å²) in [6.45, 7) is 2.09. The Kier molecular flexibility index (Phi) is 7.03. The number of aromatic nitrogens is 1. The molecule has 0 fully saturated rings. The van der Waals surface area contributed by atoms with E-state index in [0.717, 1.165) is 22.8 Å². The van der Waals surface area contributed by atoms with Gasteiger partial charge < -0.3 is 22.0 Å². The number of rotatable bonds is 4. The van der Waals surface area contributed by atoms with E-state index in [1.54, 1.807) is 11.8 Å². The Hall–Kier alpha value is -3.03. The second-order valence-electron chi connectivity index (χ2n) is 5.99. The molecule has 0 aliphatic rings. The third-order valence-electron chi connectivity index (χ3n) is 3.78. The molecule has 0 spiro atoms. The van der Waals surface area contributed by atoms with Crippen LogP contribution < -0.4 is 9.48 Å². The van der Waals surface area contributed by atoms with Crippen LogP contribution in [0, 0.1) is 6.92 Å². The van der Waals surface area contributed by atoms with Gasteiger partial charge in [-0.05, 0) is 47.6 Å². The monoisotopic (exact) mass is 393 g/mol. The maximum absolute atomic E-state index is 9.75. The second-order valence-corrected chi connectivity index (χ2v) is 5.99. The fraction of sp³-hybridized carbons (Fsp3) is 0.150. The first-order chi connectivity index (χ1) is 13.2. The van der Waals surface area contributed by atoms with Crippen LogP contribution in [0.5, 0.6) is 5.75 Å². The molecule has 148 valence electrons. The van der Waals surface area contributed by atoms with E-state index in [-0.39, 0.29) is 0 Å². The first-order valence-electron chi connectivity index (χ1n) is 8.42. The quantitative estimate of drug-likeness (QED) is 0.330. The van der Waals surface area contributed by atoms with Gasteiger partial charge in [0.15, 0.2) is 7.05 Å². The molecule has 0 aliphatic heterocycles. The molecule has 0 radical (unpaired) electrons. The van der Waals surface area contributed by atoms with E-state index in [4.69, 9.17) is 9.26 Å². The lowest BCUT2D eigenvalue weighted by atomic mass is 10.1. The minimum atomic E-state index is -6.00. The highest BCUT2D eigenvalue weighted by Crippen LogP contribution is 2.23. The first-order valence-corrected chi connectivity index (χ1v) is 8.42. The number of ether oxygens (including phenoxy) is 1. The fourth-order valence-electron chi connectivity index (χ4n) is 2.36. The third kappa shape index (κ3) is 6.94. The van der Waals surface area contributed by atoms with Gasteiger partial charge in [0.05, 0.1) is 13.2 Å². The van der Waals surface area contributed by atoms with Crippen LogP contribution in [-0.4, -0.2) is 14.4 Å². The number of hydrogen-bond acceptors (Lipinski definition) is 2. The van der Waals surface area contributed by atoms with Crippen molar-refractivity contribution in [1.82, 2.24) is 0 Å². The number of nitrogens with zero attached hydrogens (tertiary/aromatic N) is 1. The molecule has 1 aromatic heterocycles. The summed E-state index contributed by atoms with van der Waals surface area (Å²) < 4.78 is 51.8. The van der Waals surface area contributed by atoms with Gasteiger partial charge in [0.1, 0.15) is 5.75 Å². The summed E-state index contributed by atoms with van der Waals surface area (Å²) in [4.78, 5) is 0. The summed E-state index contributed by atoms with van der Waals surface area (Å²) in [7, 11) is -2.43. The van der Waals surface area contributed by atoms with E-state index in [9.17, 15) is 17.3 Å². The highest BCUT2D eigenvalue weighted by molar-refractivity contribution is 6.50. The Morgan fingerprint density at radius 1 is 0.929 bits per heavy atom. The Morgan fingerprint density at radius 2 is 1.50 bits per heavy atom. The average Bonchev–Trinajstić information content (AvgIpc) is 3.01. The molecule has 3 nitrogen and oxygen atoms in total. The lowest BCUT2D eigenvalue weighted by Crippen LogP contribution is -2.27. The van der Waals surface area contributed by atoms with Crippen molar-refractivity contribution in [2.75, 3.05) is 7.11 Å². The van der Waals surface area contributed by atoms with Crippen LogP contribution in [0.2, 0.25) is 0 Å². The van der Waals surface area contributed by atoms with E-state index in [2.05, 4.69) is 43.3 Å². The zero-order valence-corrected chi connectivity index (χ0v) is 15.7. The number of benzene rings is 2. The van der Waals surface area contributed by atoms with Gasteiger partial charge in [-0.2, -0.15) is 0 Å². The number of halogens is 4. The molecule has 0 N–H and O–H groups in total. The van der Waals surface area contributed by atoms with E-state index in [1.165, 1.54) is 11.1 Å². The van der Waals surface area contributed by atoms with Crippen LogP contribution in [0.15, 0.2) is 59.1 Å².